The zero-order valence-corrected chi connectivity index (χ0v) is 7.45. The van der Waals surface area contributed by atoms with E-state index in [0.29, 0.717) is 19.5 Å². The van der Waals surface area contributed by atoms with Crippen LogP contribution in [0.15, 0.2) is 0 Å². The van der Waals surface area contributed by atoms with E-state index in [9.17, 15) is 0 Å². The van der Waals surface area contributed by atoms with Crippen LogP contribution in [-0.4, -0.2) is 42.8 Å². The van der Waals surface area contributed by atoms with Crippen LogP contribution in [0.25, 0.3) is 0 Å². The van der Waals surface area contributed by atoms with Crippen LogP contribution in [-0.2, 0) is 0 Å². The Labute approximate surface area is 67.2 Å². The first-order chi connectivity index (χ1) is 5.06. The minimum Gasteiger partial charge on any atom is -0.390 e. The van der Waals surface area contributed by atoms with E-state index >= 15 is 0 Å². The van der Waals surface area contributed by atoms with Crippen LogP contribution in [0.2, 0.25) is 6.04 Å². The molecule has 6 heteroatoms. The van der Waals surface area contributed by atoms with Crippen molar-refractivity contribution in [2.75, 3.05) is 19.6 Å². The first kappa shape index (κ1) is 11.0. The van der Waals surface area contributed by atoms with Gasteiger partial charge in [-0.3, -0.25) is 0 Å². The smallest absolute Gasteiger partial charge is 0.390 e. The number of nitrogens with two attached hydrogens (primary N) is 1. The van der Waals surface area contributed by atoms with Crippen molar-refractivity contribution in [1.82, 2.24) is 5.32 Å². The van der Waals surface area contributed by atoms with Gasteiger partial charge in [-0.15, -0.1) is 0 Å². The molecule has 0 aromatic rings. The van der Waals surface area contributed by atoms with Crippen molar-refractivity contribution in [3.8, 4) is 0 Å². The highest BCUT2D eigenvalue weighted by Gasteiger charge is 2.25. The summed E-state index contributed by atoms with van der Waals surface area (Å²) >= 11 is 0. The molecular weight excluding hydrogens is 164 g/mol. The van der Waals surface area contributed by atoms with Gasteiger partial charge in [0.1, 0.15) is 0 Å². The normalized spacial score (nSPS) is 12.0. The molecule has 0 aromatic heterocycles. The van der Waals surface area contributed by atoms with Gasteiger partial charge in [-0.1, -0.05) is 0 Å². The second-order valence-corrected chi connectivity index (χ2v) is 4.47. The number of rotatable bonds is 6. The molecule has 11 heavy (non-hydrogen) atoms. The summed E-state index contributed by atoms with van der Waals surface area (Å²) in [7, 11) is -3.79. The minimum absolute atomic E-state index is 0.0879. The maximum absolute atomic E-state index is 8.57. The van der Waals surface area contributed by atoms with Gasteiger partial charge in [-0.05, 0) is 13.0 Å². The molecule has 0 fully saturated rings. The first-order valence-electron chi connectivity index (χ1n) is 3.64. The molecule has 0 saturated heterocycles. The summed E-state index contributed by atoms with van der Waals surface area (Å²) in [5.41, 5.74) is 5.19. The Morgan fingerprint density at radius 2 is 1.82 bits per heavy atom. The van der Waals surface area contributed by atoms with Gasteiger partial charge in [0.05, 0.1) is 0 Å². The molecule has 6 N–H and O–H groups in total. The fourth-order valence-corrected chi connectivity index (χ4v) is 1.33. The molecule has 0 spiro atoms. The third-order valence-electron chi connectivity index (χ3n) is 1.19. The van der Waals surface area contributed by atoms with Gasteiger partial charge in [0.15, 0.2) is 0 Å². The van der Waals surface area contributed by atoms with Crippen molar-refractivity contribution in [1.29, 1.82) is 0 Å². The maximum Gasteiger partial charge on any atom is 0.492 e. The summed E-state index contributed by atoms with van der Waals surface area (Å²) < 4.78 is 0. The summed E-state index contributed by atoms with van der Waals surface area (Å²) in [6.45, 7) is 1.95. The molecule has 5 nitrogen and oxygen atoms in total. The molecular formula is C5H16N2O3Si. The van der Waals surface area contributed by atoms with E-state index in [1.54, 1.807) is 0 Å². The molecule has 0 aromatic carbocycles. The molecule has 0 unspecified atom stereocenters. The van der Waals surface area contributed by atoms with Gasteiger partial charge in [0.25, 0.3) is 0 Å². The van der Waals surface area contributed by atoms with Crippen LogP contribution >= 0.6 is 0 Å². The Balaban J connectivity index is 3.02. The molecule has 0 aliphatic rings. The van der Waals surface area contributed by atoms with E-state index in [4.69, 9.17) is 20.1 Å². The highest BCUT2D eigenvalue weighted by molar-refractivity contribution is 6.56. The molecule has 68 valence electrons. The fourth-order valence-electron chi connectivity index (χ4n) is 0.678. The second kappa shape index (κ2) is 5.64. The highest BCUT2D eigenvalue weighted by atomic mass is 28.4. The number of hydrogen-bond donors (Lipinski definition) is 5. The van der Waals surface area contributed by atoms with Crippen molar-refractivity contribution in [3.05, 3.63) is 0 Å². The van der Waals surface area contributed by atoms with Gasteiger partial charge in [0, 0.05) is 19.1 Å². The van der Waals surface area contributed by atoms with E-state index < -0.39 is 8.80 Å². The lowest BCUT2D eigenvalue weighted by Gasteiger charge is -2.08. The van der Waals surface area contributed by atoms with Crippen LogP contribution in [0.3, 0.4) is 0 Å². The van der Waals surface area contributed by atoms with Crippen molar-refractivity contribution >= 4 is 8.80 Å². The zero-order valence-electron chi connectivity index (χ0n) is 6.45. The van der Waals surface area contributed by atoms with Crippen molar-refractivity contribution in [2.45, 2.75) is 12.5 Å². The van der Waals surface area contributed by atoms with Gasteiger partial charge < -0.3 is 25.4 Å². The van der Waals surface area contributed by atoms with E-state index in [1.807, 2.05) is 0 Å². The van der Waals surface area contributed by atoms with E-state index in [-0.39, 0.29) is 6.04 Å². The topological polar surface area (TPSA) is 98.7 Å². The Kier molecular flexibility index (Phi) is 5.65. The van der Waals surface area contributed by atoms with Gasteiger partial charge >= 0.3 is 8.80 Å². The Morgan fingerprint density at radius 1 is 1.18 bits per heavy atom. The third-order valence-corrected chi connectivity index (χ3v) is 2.21. The van der Waals surface area contributed by atoms with Gasteiger partial charge in [-0.2, -0.15) is 0 Å². The zero-order chi connectivity index (χ0) is 8.74. The van der Waals surface area contributed by atoms with Crippen molar-refractivity contribution < 1.29 is 14.4 Å². The number of nitrogens with one attached hydrogen (secondary N) is 1. The van der Waals surface area contributed by atoms with Crippen LogP contribution in [0.1, 0.15) is 6.42 Å². The molecule has 0 atom stereocenters. The molecule has 0 radical (unpaired) electrons. The molecule has 0 bridgehead atoms. The monoisotopic (exact) mass is 180 g/mol. The minimum atomic E-state index is -3.79. The summed E-state index contributed by atoms with van der Waals surface area (Å²) in [5.74, 6) is 0. The Morgan fingerprint density at radius 3 is 2.27 bits per heavy atom. The fraction of sp³-hybridized carbons (Fsp3) is 1.00. The predicted molar refractivity (Wildman–Crippen MR) is 43.8 cm³/mol. The molecule has 0 heterocycles. The molecule has 0 aliphatic carbocycles. The van der Waals surface area contributed by atoms with Gasteiger partial charge in [-0.25, -0.2) is 0 Å². The standard InChI is InChI=1S/C5H16N2O3Si/c6-2-4-7-3-1-5-11(8,9)10/h7-10H,1-6H2. The van der Waals surface area contributed by atoms with Crippen LogP contribution < -0.4 is 11.1 Å². The number of hydrogen-bond acceptors (Lipinski definition) is 5. The summed E-state index contributed by atoms with van der Waals surface area (Å²) in [6.07, 6.45) is 0.565. The average molecular weight is 180 g/mol. The quantitative estimate of drug-likeness (QED) is 0.237. The average Bonchev–Trinajstić information content (AvgIpc) is 1.85. The summed E-state index contributed by atoms with van der Waals surface area (Å²) in [4.78, 5) is 25.7. The Bertz CT molecular complexity index is 96.2. The van der Waals surface area contributed by atoms with Crippen LogP contribution in [0, 0.1) is 0 Å². The van der Waals surface area contributed by atoms with Crippen molar-refractivity contribution in [2.24, 2.45) is 5.73 Å². The highest BCUT2D eigenvalue weighted by Crippen LogP contribution is 1.98. The van der Waals surface area contributed by atoms with E-state index in [1.165, 1.54) is 0 Å². The van der Waals surface area contributed by atoms with Crippen LogP contribution in [0.5, 0.6) is 0 Å². The molecule has 0 saturated carbocycles. The SMILES string of the molecule is NCCNCCC[Si](O)(O)O. The lowest BCUT2D eigenvalue weighted by Crippen LogP contribution is -2.35. The van der Waals surface area contributed by atoms with E-state index in [0.717, 1.165) is 6.54 Å². The summed E-state index contributed by atoms with van der Waals surface area (Å²) in [6, 6.07) is 0.0879. The van der Waals surface area contributed by atoms with Crippen LogP contribution in [0.4, 0.5) is 0 Å². The third kappa shape index (κ3) is 10.0. The Hall–Kier alpha value is 0.0169. The molecule has 0 amide bonds. The van der Waals surface area contributed by atoms with E-state index in [2.05, 4.69) is 5.32 Å². The lowest BCUT2D eigenvalue weighted by molar-refractivity contribution is 0.226. The van der Waals surface area contributed by atoms with Crippen molar-refractivity contribution in [3.63, 3.8) is 0 Å². The first-order valence-corrected chi connectivity index (χ1v) is 5.69. The summed E-state index contributed by atoms with van der Waals surface area (Å²) in [5, 5.41) is 2.97. The second-order valence-electron chi connectivity index (χ2n) is 2.42. The maximum atomic E-state index is 8.57. The largest absolute Gasteiger partial charge is 0.492 e. The van der Waals surface area contributed by atoms with Gasteiger partial charge in [0.2, 0.25) is 0 Å². The predicted octanol–water partition coefficient (Wildman–Crippen LogP) is -2.16. The molecule has 0 aliphatic heterocycles. The molecule has 0 rings (SSSR count). The lowest BCUT2D eigenvalue weighted by atomic mass is 10.5.